The van der Waals surface area contributed by atoms with Gasteiger partial charge in [0.05, 0.1) is 4.47 Å². The SMILES string of the molecule is CC(Nc1nc(NC(C)C(F)(F)F)nc(-c2cc(F)c(Br)c(Cl)n2)n1)C(F)(F)F. The molecule has 0 amide bonds. The van der Waals surface area contributed by atoms with E-state index in [1.807, 2.05) is 10.6 Å². The molecule has 0 fully saturated rings. The molecule has 2 rings (SSSR count). The first-order valence-electron chi connectivity index (χ1n) is 7.63. The lowest BCUT2D eigenvalue weighted by Crippen LogP contribution is -2.35. The van der Waals surface area contributed by atoms with Crippen molar-refractivity contribution in [2.45, 2.75) is 38.3 Å². The summed E-state index contributed by atoms with van der Waals surface area (Å²) in [6.07, 6.45) is -9.38. The normalized spacial score (nSPS) is 14.4. The van der Waals surface area contributed by atoms with Crippen LogP contribution in [-0.4, -0.2) is 44.4 Å². The van der Waals surface area contributed by atoms with Gasteiger partial charge < -0.3 is 10.6 Å². The van der Waals surface area contributed by atoms with Gasteiger partial charge in [0.15, 0.2) is 5.82 Å². The second-order valence-corrected chi connectivity index (χ2v) is 6.87. The molecule has 0 aliphatic carbocycles. The number of rotatable bonds is 5. The molecule has 0 saturated carbocycles. The first-order valence-corrected chi connectivity index (χ1v) is 8.80. The van der Waals surface area contributed by atoms with E-state index < -0.39 is 48.0 Å². The average molecular weight is 512 g/mol. The van der Waals surface area contributed by atoms with Crippen molar-refractivity contribution in [1.82, 2.24) is 19.9 Å². The summed E-state index contributed by atoms with van der Waals surface area (Å²) < 4.78 is 90.5. The summed E-state index contributed by atoms with van der Waals surface area (Å²) in [5.41, 5.74) is -0.330. The largest absolute Gasteiger partial charge is 0.408 e. The summed E-state index contributed by atoms with van der Waals surface area (Å²) >= 11 is 8.57. The van der Waals surface area contributed by atoms with E-state index in [1.54, 1.807) is 0 Å². The lowest BCUT2D eigenvalue weighted by atomic mass is 10.3. The number of halogens is 9. The number of nitrogens with one attached hydrogen (secondary N) is 2. The maximum Gasteiger partial charge on any atom is 0.408 e. The number of alkyl halides is 6. The number of nitrogens with zero attached hydrogens (tertiary/aromatic N) is 4. The van der Waals surface area contributed by atoms with E-state index in [1.165, 1.54) is 0 Å². The molecule has 160 valence electrons. The molecule has 0 bridgehead atoms. The third-order valence-electron chi connectivity index (χ3n) is 3.41. The summed E-state index contributed by atoms with van der Waals surface area (Å²) in [6.45, 7) is 1.51. The fourth-order valence-corrected chi connectivity index (χ4v) is 2.14. The van der Waals surface area contributed by atoms with Crippen LogP contribution in [0.4, 0.5) is 42.6 Å². The molecule has 2 aromatic rings. The van der Waals surface area contributed by atoms with Crippen LogP contribution in [0, 0.1) is 5.82 Å². The van der Waals surface area contributed by atoms with E-state index in [2.05, 4.69) is 35.9 Å². The molecule has 6 nitrogen and oxygen atoms in total. The van der Waals surface area contributed by atoms with Crippen LogP contribution in [0.15, 0.2) is 10.5 Å². The van der Waals surface area contributed by atoms with Crippen LogP contribution in [0.2, 0.25) is 5.15 Å². The second-order valence-electron chi connectivity index (χ2n) is 5.72. The Morgan fingerprint density at radius 2 is 1.34 bits per heavy atom. The number of anilines is 2. The van der Waals surface area contributed by atoms with Gasteiger partial charge in [-0.1, -0.05) is 11.6 Å². The number of aromatic nitrogens is 4. The monoisotopic (exact) mass is 510 g/mol. The lowest BCUT2D eigenvalue weighted by molar-refractivity contribution is -0.139. The van der Waals surface area contributed by atoms with Gasteiger partial charge in [-0.15, -0.1) is 0 Å². The van der Waals surface area contributed by atoms with E-state index in [0.29, 0.717) is 0 Å². The third-order valence-corrected chi connectivity index (χ3v) is 4.67. The maximum absolute atomic E-state index is 13.9. The van der Waals surface area contributed by atoms with Crippen LogP contribution in [0.1, 0.15) is 13.8 Å². The molecule has 0 aliphatic heterocycles. The minimum atomic E-state index is -4.69. The average Bonchev–Trinajstić information content (AvgIpc) is 2.57. The zero-order valence-corrected chi connectivity index (χ0v) is 16.8. The Hall–Kier alpha value is -1.96. The molecule has 2 atom stereocenters. The van der Waals surface area contributed by atoms with Crippen molar-refractivity contribution >= 4 is 39.4 Å². The van der Waals surface area contributed by atoms with E-state index >= 15 is 0 Å². The van der Waals surface area contributed by atoms with Gasteiger partial charge in [-0.2, -0.15) is 41.3 Å². The summed E-state index contributed by atoms with van der Waals surface area (Å²) in [6, 6.07) is -3.47. The Labute approximate surface area is 172 Å². The highest BCUT2D eigenvalue weighted by Gasteiger charge is 2.38. The third kappa shape index (κ3) is 6.01. The van der Waals surface area contributed by atoms with E-state index in [9.17, 15) is 30.7 Å². The van der Waals surface area contributed by atoms with Gasteiger partial charge in [0.2, 0.25) is 11.9 Å². The van der Waals surface area contributed by atoms with Gasteiger partial charge in [-0.05, 0) is 29.8 Å². The molecule has 0 radical (unpaired) electrons. The smallest absolute Gasteiger partial charge is 0.343 e. The van der Waals surface area contributed by atoms with Crippen LogP contribution >= 0.6 is 27.5 Å². The maximum atomic E-state index is 13.9. The van der Waals surface area contributed by atoms with Gasteiger partial charge in [0.25, 0.3) is 0 Å². The highest BCUT2D eigenvalue weighted by molar-refractivity contribution is 9.10. The van der Waals surface area contributed by atoms with Crippen molar-refractivity contribution in [3.63, 3.8) is 0 Å². The molecule has 29 heavy (non-hydrogen) atoms. The fourth-order valence-electron chi connectivity index (χ4n) is 1.75. The molecular formula is C14H11BrClF7N6. The molecule has 0 aromatic carbocycles. The summed E-state index contributed by atoms with van der Waals surface area (Å²) in [7, 11) is 0. The van der Waals surface area contributed by atoms with Crippen molar-refractivity contribution in [3.05, 3.63) is 21.5 Å². The first-order chi connectivity index (χ1) is 13.2. The van der Waals surface area contributed by atoms with Crippen LogP contribution in [-0.2, 0) is 0 Å². The first kappa shape index (κ1) is 23.3. The van der Waals surface area contributed by atoms with Crippen LogP contribution in [0.5, 0.6) is 0 Å². The zero-order chi connectivity index (χ0) is 22.1. The molecular weight excluding hydrogens is 501 g/mol. The van der Waals surface area contributed by atoms with Crippen molar-refractivity contribution in [1.29, 1.82) is 0 Å². The molecule has 2 heterocycles. The van der Waals surface area contributed by atoms with E-state index in [0.717, 1.165) is 19.9 Å². The van der Waals surface area contributed by atoms with Gasteiger partial charge in [-0.3, -0.25) is 0 Å². The number of hydrogen-bond donors (Lipinski definition) is 2. The van der Waals surface area contributed by atoms with Gasteiger partial charge in [0.1, 0.15) is 28.7 Å². The zero-order valence-electron chi connectivity index (χ0n) is 14.4. The predicted molar refractivity (Wildman–Crippen MR) is 94.0 cm³/mol. The van der Waals surface area contributed by atoms with Crippen molar-refractivity contribution in [2.24, 2.45) is 0 Å². The van der Waals surface area contributed by atoms with E-state index in [4.69, 9.17) is 11.6 Å². The summed E-state index contributed by atoms with van der Waals surface area (Å²) in [5, 5.41) is 3.48. The lowest BCUT2D eigenvalue weighted by Gasteiger charge is -2.20. The van der Waals surface area contributed by atoms with Crippen LogP contribution in [0.25, 0.3) is 11.5 Å². The number of hydrogen-bond acceptors (Lipinski definition) is 6. The van der Waals surface area contributed by atoms with Crippen LogP contribution in [0.3, 0.4) is 0 Å². The Kier molecular flexibility index (Phi) is 6.77. The number of pyridine rings is 1. The van der Waals surface area contributed by atoms with Crippen molar-refractivity contribution in [2.75, 3.05) is 10.6 Å². The van der Waals surface area contributed by atoms with Crippen LogP contribution < -0.4 is 10.6 Å². The Bertz CT molecular complexity index is 828. The molecule has 2 N–H and O–H groups in total. The van der Waals surface area contributed by atoms with Crippen molar-refractivity contribution in [3.8, 4) is 11.5 Å². The van der Waals surface area contributed by atoms with Gasteiger partial charge >= 0.3 is 12.4 Å². The Morgan fingerprint density at radius 1 is 0.897 bits per heavy atom. The second kappa shape index (κ2) is 8.42. The highest BCUT2D eigenvalue weighted by atomic mass is 79.9. The molecule has 0 saturated heterocycles. The fraction of sp³-hybridized carbons (Fsp3) is 0.429. The standard InChI is InChI=1S/C14H11BrClF7N6/c1-4(13(18,19)20)24-11-27-10(7-3-6(17)8(15)9(16)26-7)28-12(29-11)25-5(2)14(21,22)23/h3-5H,1-2H3,(H2,24,25,27,28,29). The molecule has 15 heteroatoms. The minimum Gasteiger partial charge on any atom is -0.343 e. The topological polar surface area (TPSA) is 75.6 Å². The Morgan fingerprint density at radius 3 is 1.72 bits per heavy atom. The van der Waals surface area contributed by atoms with Gasteiger partial charge in [0, 0.05) is 6.07 Å². The highest BCUT2D eigenvalue weighted by Crippen LogP contribution is 2.29. The molecule has 2 unspecified atom stereocenters. The Balaban J connectivity index is 2.52. The molecule has 2 aromatic heterocycles. The van der Waals surface area contributed by atoms with Crippen molar-refractivity contribution < 1.29 is 30.7 Å². The van der Waals surface area contributed by atoms with Gasteiger partial charge in [-0.25, -0.2) is 9.37 Å². The molecule has 0 aliphatic rings. The molecule has 0 spiro atoms. The minimum absolute atomic E-state index is 0.190. The van der Waals surface area contributed by atoms with E-state index in [-0.39, 0.29) is 15.3 Å². The summed E-state index contributed by atoms with van der Waals surface area (Å²) in [4.78, 5) is 14.6. The summed E-state index contributed by atoms with van der Waals surface area (Å²) in [5.74, 6) is -2.78. The predicted octanol–water partition coefficient (Wildman–Crippen LogP) is 5.21. The quantitative estimate of drug-likeness (QED) is 0.424.